The minimum absolute atomic E-state index is 0.0108. The van der Waals surface area contributed by atoms with Gasteiger partial charge in [-0.15, -0.1) is 11.3 Å². The zero-order chi connectivity index (χ0) is 27.3. The van der Waals surface area contributed by atoms with Crippen molar-refractivity contribution in [2.45, 2.75) is 63.3 Å². The molecule has 1 heterocycles. The quantitative estimate of drug-likeness (QED) is 0.272. The van der Waals surface area contributed by atoms with Crippen molar-refractivity contribution in [1.29, 1.82) is 0 Å². The molecule has 4 aliphatic carbocycles. The number of amides is 2. The van der Waals surface area contributed by atoms with Gasteiger partial charge in [-0.1, -0.05) is 79.9 Å². The first-order chi connectivity index (χ1) is 19.5. The summed E-state index contributed by atoms with van der Waals surface area (Å²) in [5.74, 6) is 0.232. The normalized spacial score (nSPS) is 23.2. The molecule has 3 aromatic carbocycles. The summed E-state index contributed by atoms with van der Waals surface area (Å²) < 4.78 is 0. The summed E-state index contributed by atoms with van der Waals surface area (Å²) in [5.41, 5.74) is 7.05. The number of hydrogen-bond acceptors (Lipinski definition) is 4. The van der Waals surface area contributed by atoms with Crippen LogP contribution in [0.5, 0.6) is 0 Å². The van der Waals surface area contributed by atoms with Crippen LogP contribution in [-0.4, -0.2) is 22.8 Å². The number of carbonyl (C=O) groups is 2. The van der Waals surface area contributed by atoms with Crippen molar-refractivity contribution in [2.75, 3.05) is 5.32 Å². The Morgan fingerprint density at radius 3 is 2.12 bits per heavy atom. The molecule has 0 saturated heterocycles. The first-order valence-corrected chi connectivity index (χ1v) is 15.3. The molecular formula is C34H33N3O2S. The van der Waals surface area contributed by atoms with E-state index in [2.05, 4.69) is 66.1 Å². The molecule has 0 radical (unpaired) electrons. The van der Waals surface area contributed by atoms with Crippen molar-refractivity contribution < 1.29 is 9.59 Å². The molecule has 2 amide bonds. The van der Waals surface area contributed by atoms with Crippen molar-refractivity contribution in [2.24, 2.45) is 5.41 Å². The second kappa shape index (κ2) is 10.0. The molecule has 2 bridgehead atoms. The highest BCUT2D eigenvalue weighted by Crippen LogP contribution is 2.61. The van der Waals surface area contributed by atoms with E-state index in [-0.39, 0.29) is 29.7 Å². The molecule has 6 heteroatoms. The number of nitrogens with zero attached hydrogens (tertiary/aromatic N) is 1. The van der Waals surface area contributed by atoms with Crippen LogP contribution in [0.2, 0.25) is 0 Å². The van der Waals surface area contributed by atoms with Crippen molar-refractivity contribution >= 4 is 28.3 Å². The predicted molar refractivity (Wildman–Crippen MR) is 160 cm³/mol. The van der Waals surface area contributed by atoms with Gasteiger partial charge in [0.15, 0.2) is 5.13 Å². The van der Waals surface area contributed by atoms with Gasteiger partial charge in [-0.05, 0) is 60.6 Å². The highest BCUT2D eigenvalue weighted by atomic mass is 32.1. The fourth-order valence-corrected chi connectivity index (χ4v) is 7.92. The second-order valence-electron chi connectivity index (χ2n) is 11.7. The molecule has 1 aromatic heterocycles. The molecule has 4 aliphatic rings. The van der Waals surface area contributed by atoms with E-state index in [4.69, 9.17) is 4.98 Å². The summed E-state index contributed by atoms with van der Waals surface area (Å²) in [6, 6.07) is 25.1. The monoisotopic (exact) mass is 547 g/mol. The van der Waals surface area contributed by atoms with Crippen LogP contribution >= 0.6 is 11.3 Å². The maximum atomic E-state index is 13.9. The van der Waals surface area contributed by atoms with E-state index in [0.717, 1.165) is 30.5 Å². The first kappa shape index (κ1) is 25.2. The molecule has 4 aromatic rings. The Hall–Kier alpha value is -3.77. The summed E-state index contributed by atoms with van der Waals surface area (Å²) in [6.45, 7) is 2.11. The maximum absolute atomic E-state index is 13.9. The fourth-order valence-electron chi connectivity index (χ4n) is 7.20. The Morgan fingerprint density at radius 1 is 0.850 bits per heavy atom. The van der Waals surface area contributed by atoms with Gasteiger partial charge >= 0.3 is 0 Å². The predicted octanol–water partition coefficient (Wildman–Crippen LogP) is 7.50. The van der Waals surface area contributed by atoms with Gasteiger partial charge in [-0.3, -0.25) is 9.59 Å². The maximum Gasteiger partial charge on any atom is 0.251 e. The van der Waals surface area contributed by atoms with Crippen molar-refractivity contribution in [3.8, 4) is 11.3 Å². The Labute approximate surface area is 239 Å². The Bertz CT molecular complexity index is 1540. The smallest absolute Gasteiger partial charge is 0.251 e. The number of thiazole rings is 1. The van der Waals surface area contributed by atoms with E-state index in [1.165, 1.54) is 52.9 Å². The largest absolute Gasteiger partial charge is 0.349 e. The lowest BCUT2D eigenvalue weighted by molar-refractivity contribution is -0.126. The number of fused-ring (bicyclic) bond motifs is 1. The SMILES string of the molecule is CC1(C(=O)Nc2nc(-c3ccc(C(=O)NC4CCCCC4)cc3)cs2)CC2c3ccccc3C1c1ccccc12. The third-order valence-corrected chi connectivity index (χ3v) is 10.0. The van der Waals surface area contributed by atoms with Crippen LogP contribution in [0, 0.1) is 5.41 Å². The fraction of sp³-hybridized carbons (Fsp3) is 0.324. The van der Waals surface area contributed by atoms with Gasteiger partial charge in [0.25, 0.3) is 5.91 Å². The Kier molecular flexibility index (Phi) is 6.31. The van der Waals surface area contributed by atoms with E-state index in [1.54, 1.807) is 0 Å². The number of carbonyl (C=O) groups excluding carboxylic acids is 2. The molecule has 1 unspecified atom stereocenters. The van der Waals surface area contributed by atoms with Gasteiger partial charge in [-0.25, -0.2) is 4.98 Å². The lowest BCUT2D eigenvalue weighted by Crippen LogP contribution is -2.47. The molecule has 5 nitrogen and oxygen atoms in total. The van der Waals surface area contributed by atoms with Crippen molar-refractivity contribution in [1.82, 2.24) is 10.3 Å². The van der Waals surface area contributed by atoms with Crippen molar-refractivity contribution in [3.63, 3.8) is 0 Å². The highest BCUT2D eigenvalue weighted by Gasteiger charge is 2.54. The molecule has 202 valence electrons. The summed E-state index contributed by atoms with van der Waals surface area (Å²) in [4.78, 5) is 31.4. The number of nitrogens with one attached hydrogen (secondary N) is 2. The van der Waals surface area contributed by atoms with Crippen molar-refractivity contribution in [3.05, 3.63) is 106 Å². The zero-order valence-electron chi connectivity index (χ0n) is 22.7. The summed E-state index contributed by atoms with van der Waals surface area (Å²) >= 11 is 1.44. The summed E-state index contributed by atoms with van der Waals surface area (Å²) in [6.07, 6.45) is 6.55. The number of aromatic nitrogens is 1. The number of hydrogen-bond donors (Lipinski definition) is 2. The van der Waals surface area contributed by atoms with Crippen LogP contribution in [0.3, 0.4) is 0 Å². The zero-order valence-corrected chi connectivity index (χ0v) is 23.5. The van der Waals surface area contributed by atoms with Gasteiger partial charge < -0.3 is 10.6 Å². The topological polar surface area (TPSA) is 71.1 Å². The van der Waals surface area contributed by atoms with Crippen LogP contribution < -0.4 is 10.6 Å². The van der Waals surface area contributed by atoms with E-state index in [1.807, 2.05) is 29.6 Å². The van der Waals surface area contributed by atoms with Gasteiger partial charge in [0.2, 0.25) is 5.91 Å². The molecular weight excluding hydrogens is 514 g/mol. The minimum Gasteiger partial charge on any atom is -0.349 e. The summed E-state index contributed by atoms with van der Waals surface area (Å²) in [5, 5.41) is 8.91. The standard InChI is InChI=1S/C34H33N3O2S/c1-34(19-28-24-11-5-7-13-26(24)30(34)27-14-8-6-12-25(27)28)32(39)37-33-36-29(20-40-33)21-15-17-22(18-16-21)31(38)35-23-9-3-2-4-10-23/h5-8,11-18,20,23,28,30H,2-4,9-10,19H2,1H3,(H,35,38)(H,36,37,39). The van der Waals surface area contributed by atoms with Crippen LogP contribution in [0.25, 0.3) is 11.3 Å². The summed E-state index contributed by atoms with van der Waals surface area (Å²) in [7, 11) is 0. The van der Waals surface area contributed by atoms with Crippen LogP contribution in [0.4, 0.5) is 5.13 Å². The Balaban J connectivity index is 1.08. The lowest BCUT2D eigenvalue weighted by Gasteiger charge is -2.50. The average molecular weight is 548 g/mol. The minimum atomic E-state index is -0.577. The molecule has 0 spiro atoms. The molecule has 40 heavy (non-hydrogen) atoms. The second-order valence-corrected chi connectivity index (χ2v) is 12.6. The van der Waals surface area contributed by atoms with E-state index >= 15 is 0 Å². The highest BCUT2D eigenvalue weighted by molar-refractivity contribution is 7.14. The molecule has 1 saturated carbocycles. The van der Waals surface area contributed by atoms with E-state index in [9.17, 15) is 9.59 Å². The van der Waals surface area contributed by atoms with Gasteiger partial charge in [-0.2, -0.15) is 0 Å². The van der Waals surface area contributed by atoms with Gasteiger partial charge in [0, 0.05) is 34.4 Å². The van der Waals surface area contributed by atoms with Gasteiger partial charge in [0.1, 0.15) is 0 Å². The molecule has 1 atom stereocenters. The lowest BCUT2D eigenvalue weighted by atomic mass is 9.52. The third-order valence-electron chi connectivity index (χ3n) is 9.26. The molecule has 0 aliphatic heterocycles. The number of rotatable bonds is 5. The average Bonchev–Trinajstić information content (AvgIpc) is 3.46. The number of anilines is 1. The van der Waals surface area contributed by atoms with Crippen LogP contribution in [0.1, 0.15) is 89.9 Å². The Morgan fingerprint density at radius 2 is 1.48 bits per heavy atom. The number of benzene rings is 3. The molecule has 1 fully saturated rings. The third kappa shape index (κ3) is 4.26. The van der Waals surface area contributed by atoms with Crippen LogP contribution in [-0.2, 0) is 4.79 Å². The van der Waals surface area contributed by atoms with E-state index < -0.39 is 5.41 Å². The van der Waals surface area contributed by atoms with E-state index in [0.29, 0.717) is 10.7 Å². The first-order valence-electron chi connectivity index (χ1n) is 14.4. The molecule has 8 rings (SSSR count). The van der Waals surface area contributed by atoms with Crippen LogP contribution in [0.15, 0.2) is 78.2 Å². The van der Waals surface area contributed by atoms with Gasteiger partial charge in [0.05, 0.1) is 11.1 Å². The molecule has 2 N–H and O–H groups in total.